The average Bonchev–Trinajstić information content (AvgIpc) is 3.20. The Kier molecular flexibility index (Phi) is 5.73. The van der Waals surface area contributed by atoms with Crippen molar-refractivity contribution >= 4 is 34.1 Å². The van der Waals surface area contributed by atoms with E-state index in [9.17, 15) is 4.79 Å². The van der Waals surface area contributed by atoms with Crippen molar-refractivity contribution in [1.29, 1.82) is 0 Å². The maximum atomic E-state index is 12.2. The highest BCUT2D eigenvalue weighted by atomic mass is 32.2. The van der Waals surface area contributed by atoms with E-state index in [2.05, 4.69) is 53.4 Å². The van der Waals surface area contributed by atoms with Gasteiger partial charge in [0.1, 0.15) is 5.82 Å². The molecule has 0 saturated heterocycles. The van der Waals surface area contributed by atoms with Gasteiger partial charge in [-0.2, -0.15) is 0 Å². The van der Waals surface area contributed by atoms with Crippen molar-refractivity contribution in [3.05, 3.63) is 41.0 Å². The molecule has 0 radical (unpaired) electrons. The molecule has 136 valence electrons. The number of thioether (sulfide) groups is 1. The molecule has 0 atom stereocenters. The van der Waals surface area contributed by atoms with Gasteiger partial charge in [0.15, 0.2) is 10.3 Å². The van der Waals surface area contributed by atoms with Crippen molar-refractivity contribution in [2.45, 2.75) is 31.8 Å². The van der Waals surface area contributed by atoms with E-state index >= 15 is 0 Å². The molecule has 0 fully saturated rings. The van der Waals surface area contributed by atoms with Crippen LogP contribution in [0.4, 0.5) is 5.13 Å². The average molecular weight is 388 g/mol. The minimum Gasteiger partial charge on any atom is -0.309 e. The molecule has 3 aromatic rings. The third-order valence-electron chi connectivity index (χ3n) is 3.82. The minimum atomic E-state index is -0.103. The summed E-state index contributed by atoms with van der Waals surface area (Å²) in [6, 6.07) is 8.17. The SMILES string of the molecule is Cc1ccc(-c2csc(NC(=O)CSc3nnc(C(C)C)n3C)n2)cc1. The first-order valence-corrected chi connectivity index (χ1v) is 10.1. The van der Waals surface area contributed by atoms with E-state index in [4.69, 9.17) is 0 Å². The Hall–Kier alpha value is -2.19. The largest absolute Gasteiger partial charge is 0.309 e. The Labute approximate surface area is 161 Å². The molecule has 0 aliphatic heterocycles. The number of hydrogen-bond acceptors (Lipinski definition) is 6. The fraction of sp³-hybridized carbons (Fsp3) is 0.333. The van der Waals surface area contributed by atoms with E-state index in [0.717, 1.165) is 22.2 Å². The normalized spacial score (nSPS) is 11.1. The van der Waals surface area contributed by atoms with E-state index in [-0.39, 0.29) is 11.7 Å². The van der Waals surface area contributed by atoms with Crippen molar-refractivity contribution in [2.75, 3.05) is 11.1 Å². The molecule has 1 amide bonds. The second-order valence-corrected chi connectivity index (χ2v) is 8.10. The number of aromatic nitrogens is 4. The second-order valence-electron chi connectivity index (χ2n) is 6.30. The lowest BCUT2D eigenvalue weighted by Crippen LogP contribution is -2.14. The molecule has 0 aliphatic carbocycles. The lowest BCUT2D eigenvalue weighted by Gasteiger charge is -2.05. The summed E-state index contributed by atoms with van der Waals surface area (Å²) >= 11 is 2.80. The van der Waals surface area contributed by atoms with Crippen LogP contribution in [-0.4, -0.2) is 31.4 Å². The first kappa shape index (κ1) is 18.6. The monoisotopic (exact) mass is 387 g/mol. The maximum absolute atomic E-state index is 12.2. The second kappa shape index (κ2) is 8.01. The van der Waals surface area contributed by atoms with Gasteiger partial charge in [-0.25, -0.2) is 4.98 Å². The van der Waals surface area contributed by atoms with Crippen molar-refractivity contribution < 1.29 is 4.79 Å². The van der Waals surface area contributed by atoms with Gasteiger partial charge in [-0.1, -0.05) is 55.4 Å². The number of anilines is 1. The summed E-state index contributed by atoms with van der Waals surface area (Å²) in [5, 5.41) is 14.5. The number of amides is 1. The molecule has 0 bridgehead atoms. The molecule has 0 aliphatic rings. The van der Waals surface area contributed by atoms with Crippen molar-refractivity contribution in [3.63, 3.8) is 0 Å². The van der Waals surface area contributed by atoms with Crippen LogP contribution in [0.25, 0.3) is 11.3 Å². The Morgan fingerprint density at radius 2 is 2.00 bits per heavy atom. The summed E-state index contributed by atoms with van der Waals surface area (Å²) in [5.41, 5.74) is 3.12. The molecule has 0 saturated carbocycles. The maximum Gasteiger partial charge on any atom is 0.236 e. The summed E-state index contributed by atoms with van der Waals surface area (Å²) in [6.07, 6.45) is 0. The highest BCUT2D eigenvalue weighted by molar-refractivity contribution is 7.99. The fourth-order valence-electron chi connectivity index (χ4n) is 2.43. The van der Waals surface area contributed by atoms with E-state index in [1.807, 2.05) is 29.1 Å². The third kappa shape index (κ3) is 4.31. The topological polar surface area (TPSA) is 72.7 Å². The summed E-state index contributed by atoms with van der Waals surface area (Å²) in [6.45, 7) is 6.19. The number of benzene rings is 1. The van der Waals surface area contributed by atoms with Gasteiger partial charge >= 0.3 is 0 Å². The number of aryl methyl sites for hydroxylation is 1. The zero-order chi connectivity index (χ0) is 18.7. The Balaban J connectivity index is 1.58. The first-order valence-electron chi connectivity index (χ1n) is 8.28. The van der Waals surface area contributed by atoms with Gasteiger partial charge in [0.2, 0.25) is 5.91 Å². The third-order valence-corrected chi connectivity index (χ3v) is 5.59. The number of rotatable bonds is 6. The zero-order valence-electron chi connectivity index (χ0n) is 15.2. The number of carbonyl (C=O) groups excluding carboxylic acids is 1. The molecule has 8 heteroatoms. The molecule has 3 rings (SSSR count). The van der Waals surface area contributed by atoms with Gasteiger partial charge in [0.05, 0.1) is 11.4 Å². The lowest BCUT2D eigenvalue weighted by molar-refractivity contribution is -0.113. The molecule has 1 N–H and O–H groups in total. The van der Waals surface area contributed by atoms with Crippen LogP contribution in [0.3, 0.4) is 0 Å². The molecular formula is C18H21N5OS2. The van der Waals surface area contributed by atoms with Gasteiger partial charge < -0.3 is 9.88 Å². The predicted octanol–water partition coefficient (Wildman–Crippen LogP) is 4.10. The van der Waals surface area contributed by atoms with Crippen LogP contribution in [0.15, 0.2) is 34.8 Å². The van der Waals surface area contributed by atoms with Crippen molar-refractivity contribution in [2.24, 2.45) is 7.05 Å². The van der Waals surface area contributed by atoms with Crippen molar-refractivity contribution in [1.82, 2.24) is 19.7 Å². The van der Waals surface area contributed by atoms with Crippen LogP contribution in [-0.2, 0) is 11.8 Å². The van der Waals surface area contributed by atoms with E-state index in [0.29, 0.717) is 11.0 Å². The Morgan fingerprint density at radius 1 is 1.27 bits per heavy atom. The first-order chi connectivity index (χ1) is 12.4. The van der Waals surface area contributed by atoms with Crippen LogP contribution in [0, 0.1) is 6.92 Å². The summed E-state index contributed by atoms with van der Waals surface area (Å²) in [5.74, 6) is 1.37. The minimum absolute atomic E-state index is 0.103. The van der Waals surface area contributed by atoms with Crippen LogP contribution < -0.4 is 5.32 Å². The smallest absolute Gasteiger partial charge is 0.236 e. The van der Waals surface area contributed by atoms with Crippen LogP contribution in [0.5, 0.6) is 0 Å². The number of carbonyl (C=O) groups is 1. The lowest BCUT2D eigenvalue weighted by atomic mass is 10.1. The Bertz CT molecular complexity index is 899. The zero-order valence-corrected chi connectivity index (χ0v) is 16.8. The van der Waals surface area contributed by atoms with Gasteiger partial charge in [0, 0.05) is 23.9 Å². The van der Waals surface area contributed by atoms with E-state index < -0.39 is 0 Å². The van der Waals surface area contributed by atoms with Crippen molar-refractivity contribution in [3.8, 4) is 11.3 Å². The van der Waals surface area contributed by atoms with Crippen LogP contribution >= 0.6 is 23.1 Å². The van der Waals surface area contributed by atoms with E-state index in [1.54, 1.807) is 0 Å². The predicted molar refractivity (Wildman–Crippen MR) is 107 cm³/mol. The van der Waals surface area contributed by atoms with Crippen LogP contribution in [0.2, 0.25) is 0 Å². The molecule has 6 nitrogen and oxygen atoms in total. The summed E-state index contributed by atoms with van der Waals surface area (Å²) < 4.78 is 1.93. The fourth-order valence-corrected chi connectivity index (χ4v) is 3.88. The highest BCUT2D eigenvalue weighted by Gasteiger charge is 2.14. The summed E-state index contributed by atoms with van der Waals surface area (Å²) in [7, 11) is 1.92. The highest BCUT2D eigenvalue weighted by Crippen LogP contribution is 2.25. The number of hydrogen-bond donors (Lipinski definition) is 1. The molecule has 26 heavy (non-hydrogen) atoms. The van der Waals surface area contributed by atoms with Gasteiger partial charge in [-0.3, -0.25) is 4.79 Å². The van der Waals surface area contributed by atoms with E-state index in [1.165, 1.54) is 28.7 Å². The Morgan fingerprint density at radius 3 is 2.65 bits per heavy atom. The van der Waals surface area contributed by atoms with Crippen LogP contribution in [0.1, 0.15) is 31.2 Å². The molecule has 0 spiro atoms. The molecule has 2 aromatic heterocycles. The number of nitrogens with zero attached hydrogens (tertiary/aromatic N) is 4. The number of thiazole rings is 1. The molecule has 0 unspecified atom stereocenters. The van der Waals surface area contributed by atoms with Gasteiger partial charge in [-0.15, -0.1) is 21.5 Å². The molecule has 2 heterocycles. The van der Waals surface area contributed by atoms with Gasteiger partial charge in [0.25, 0.3) is 0 Å². The number of nitrogens with one attached hydrogen (secondary N) is 1. The standard InChI is InChI=1S/C18H21N5OS2/c1-11(2)16-21-22-18(23(16)4)26-10-15(24)20-17-19-14(9-25-17)13-7-5-12(3)6-8-13/h5-9,11H,10H2,1-4H3,(H,19,20,24). The molecular weight excluding hydrogens is 366 g/mol. The summed E-state index contributed by atoms with van der Waals surface area (Å²) in [4.78, 5) is 16.7. The quantitative estimate of drug-likeness (QED) is 0.645. The molecule has 1 aromatic carbocycles. The van der Waals surface area contributed by atoms with Gasteiger partial charge in [-0.05, 0) is 6.92 Å².